The molecule has 1 saturated carbocycles. The molecule has 0 spiro atoms. The molecule has 0 aromatic carbocycles. The third kappa shape index (κ3) is 3.92. The van der Waals surface area contributed by atoms with Gasteiger partial charge in [0.1, 0.15) is 5.69 Å². The summed E-state index contributed by atoms with van der Waals surface area (Å²) in [5.41, 5.74) is 2.89. The van der Waals surface area contributed by atoms with Gasteiger partial charge >= 0.3 is 0 Å². The number of amides is 1. The van der Waals surface area contributed by atoms with Crippen molar-refractivity contribution in [3.63, 3.8) is 0 Å². The van der Waals surface area contributed by atoms with Crippen LogP contribution in [0.3, 0.4) is 0 Å². The number of rotatable bonds is 4. The van der Waals surface area contributed by atoms with E-state index >= 15 is 0 Å². The van der Waals surface area contributed by atoms with E-state index in [1.54, 1.807) is 29.8 Å². The van der Waals surface area contributed by atoms with Crippen molar-refractivity contribution in [2.24, 2.45) is 5.92 Å². The number of pyridine rings is 2. The van der Waals surface area contributed by atoms with Crippen molar-refractivity contribution in [2.45, 2.75) is 35.7 Å². The molecule has 2 aliphatic rings. The lowest BCUT2D eigenvalue weighted by atomic mass is 9.96. The maximum Gasteiger partial charge on any atom is 0.274 e. The maximum absolute atomic E-state index is 13.0. The van der Waals surface area contributed by atoms with Gasteiger partial charge in [-0.3, -0.25) is 9.78 Å². The molecule has 30 heavy (non-hydrogen) atoms. The van der Waals surface area contributed by atoms with Crippen LogP contribution in [0, 0.1) is 5.92 Å². The van der Waals surface area contributed by atoms with Crippen LogP contribution in [0.5, 0.6) is 0 Å². The van der Waals surface area contributed by atoms with Crippen molar-refractivity contribution in [3.05, 3.63) is 47.2 Å². The third-order valence-corrected chi connectivity index (χ3v) is 8.23. The molecule has 5 rings (SSSR count). The van der Waals surface area contributed by atoms with Crippen LogP contribution in [0.15, 0.2) is 36.7 Å². The second-order valence-electron chi connectivity index (χ2n) is 8.24. The highest BCUT2D eigenvalue weighted by molar-refractivity contribution is 14.1. The molecule has 3 aromatic heterocycles. The Kier molecular flexibility index (Phi) is 5.40. The molecule has 6 nitrogen and oxygen atoms in total. The predicted octanol–water partition coefficient (Wildman–Crippen LogP) is 4.44. The van der Waals surface area contributed by atoms with Gasteiger partial charge in [-0.1, -0.05) is 29.5 Å². The monoisotopic (exact) mass is 534 g/mol. The number of nitrogens with zero attached hydrogens (tertiary/aromatic N) is 3. The molecular formula is C22H23IN4O2S. The molecule has 1 saturated heterocycles. The maximum atomic E-state index is 13.0. The molecule has 156 valence electrons. The summed E-state index contributed by atoms with van der Waals surface area (Å²) >= 11 is 4.08. The van der Waals surface area contributed by atoms with E-state index in [1.807, 2.05) is 12.1 Å². The van der Waals surface area contributed by atoms with Gasteiger partial charge < -0.3 is 15.3 Å². The first-order valence-corrected chi connectivity index (χ1v) is 12.3. The minimum Gasteiger partial charge on any atom is -0.392 e. The van der Waals surface area contributed by atoms with Gasteiger partial charge in [-0.2, -0.15) is 0 Å². The standard InChI is InChI=1S/C22H23IN4O2S/c1-12-10-27(11-14(23)21(12)28)18-6-7-24-9-17(18)26-22(29)15-4-5-19-16(25-15)8-20(30-19)13-2-3-13/h4-9,12-14,21,28H,2-3,10-11H2,1H3,(H,26,29)/t12-,14+,21+/m0/s1. The molecule has 0 radical (unpaired) electrons. The van der Waals surface area contributed by atoms with Crippen LogP contribution in [0.4, 0.5) is 11.4 Å². The molecule has 1 aliphatic carbocycles. The average Bonchev–Trinajstić information content (AvgIpc) is 3.50. The third-order valence-electron chi connectivity index (χ3n) is 5.85. The van der Waals surface area contributed by atoms with Gasteiger partial charge in [-0.25, -0.2) is 4.98 Å². The van der Waals surface area contributed by atoms with E-state index in [4.69, 9.17) is 0 Å². The van der Waals surface area contributed by atoms with E-state index < -0.39 is 0 Å². The number of nitrogens with one attached hydrogen (secondary N) is 1. The number of thiophene rings is 1. The minimum absolute atomic E-state index is 0.131. The van der Waals surface area contributed by atoms with Crippen molar-refractivity contribution in [1.29, 1.82) is 0 Å². The normalized spacial score (nSPS) is 24.2. The number of aliphatic hydroxyl groups excluding tert-OH is 1. The van der Waals surface area contributed by atoms with Crippen molar-refractivity contribution in [1.82, 2.24) is 9.97 Å². The Labute approximate surface area is 192 Å². The van der Waals surface area contributed by atoms with Crippen molar-refractivity contribution in [2.75, 3.05) is 23.3 Å². The molecule has 0 unspecified atom stereocenters. The lowest BCUT2D eigenvalue weighted by Crippen LogP contribution is -2.49. The van der Waals surface area contributed by atoms with E-state index in [0.717, 1.165) is 29.0 Å². The predicted molar refractivity (Wildman–Crippen MR) is 129 cm³/mol. The minimum atomic E-state index is -0.316. The lowest BCUT2D eigenvalue weighted by molar-refractivity contribution is 0.102. The first kappa shape index (κ1) is 20.1. The van der Waals surface area contributed by atoms with Crippen LogP contribution in [0.1, 0.15) is 41.0 Å². The summed E-state index contributed by atoms with van der Waals surface area (Å²) < 4.78 is 1.26. The van der Waals surface area contributed by atoms with Crippen molar-refractivity contribution < 1.29 is 9.90 Å². The molecule has 2 N–H and O–H groups in total. The van der Waals surface area contributed by atoms with E-state index in [-0.39, 0.29) is 21.9 Å². The Morgan fingerprint density at radius 1 is 1.30 bits per heavy atom. The first-order valence-electron chi connectivity index (χ1n) is 10.2. The zero-order valence-electron chi connectivity index (χ0n) is 16.6. The summed E-state index contributed by atoms with van der Waals surface area (Å²) in [6.07, 6.45) is 5.61. The van der Waals surface area contributed by atoms with Gasteiger partial charge in [0.15, 0.2) is 0 Å². The molecule has 3 aromatic rings. The van der Waals surface area contributed by atoms with Gasteiger partial charge in [-0.05, 0) is 43.0 Å². The highest BCUT2D eigenvalue weighted by Gasteiger charge is 2.32. The summed E-state index contributed by atoms with van der Waals surface area (Å²) in [5, 5.41) is 13.3. The van der Waals surface area contributed by atoms with Crippen LogP contribution in [-0.4, -0.2) is 44.1 Å². The number of carbonyl (C=O) groups excluding carboxylic acids is 1. The second-order valence-corrected chi connectivity index (χ2v) is 11.0. The number of fused-ring (bicyclic) bond motifs is 1. The summed E-state index contributed by atoms with van der Waals surface area (Å²) in [7, 11) is 0. The topological polar surface area (TPSA) is 78.4 Å². The Balaban J connectivity index is 1.38. The molecule has 3 atom stereocenters. The van der Waals surface area contributed by atoms with E-state index in [1.165, 1.54) is 17.7 Å². The Morgan fingerprint density at radius 2 is 2.13 bits per heavy atom. The highest BCUT2D eigenvalue weighted by atomic mass is 127. The van der Waals surface area contributed by atoms with Gasteiger partial charge in [0.2, 0.25) is 0 Å². The SMILES string of the molecule is C[C@H]1CN(c2ccncc2NC(=O)c2ccc3sc(C4CC4)cc3n2)C[C@@H](I)[C@@H]1O. The Morgan fingerprint density at radius 3 is 2.90 bits per heavy atom. The molecule has 0 bridgehead atoms. The van der Waals surface area contributed by atoms with Gasteiger partial charge in [0.25, 0.3) is 5.91 Å². The fourth-order valence-corrected chi connectivity index (χ4v) is 6.34. The molecule has 4 heterocycles. The van der Waals surface area contributed by atoms with Crippen LogP contribution in [-0.2, 0) is 0 Å². The largest absolute Gasteiger partial charge is 0.392 e. The van der Waals surface area contributed by atoms with Crippen LogP contribution < -0.4 is 10.2 Å². The number of aromatic nitrogens is 2. The van der Waals surface area contributed by atoms with Crippen LogP contribution in [0.25, 0.3) is 10.2 Å². The fraction of sp³-hybridized carbons (Fsp3) is 0.409. The van der Waals surface area contributed by atoms with Gasteiger partial charge in [0.05, 0.1) is 37.8 Å². The van der Waals surface area contributed by atoms with Crippen molar-refractivity contribution >= 4 is 61.4 Å². The Hall–Kier alpha value is -1.78. The summed E-state index contributed by atoms with van der Waals surface area (Å²) in [4.78, 5) is 25.4. The summed E-state index contributed by atoms with van der Waals surface area (Å²) in [5.74, 6) is 0.605. The quantitative estimate of drug-likeness (QED) is 0.383. The van der Waals surface area contributed by atoms with Crippen LogP contribution in [0.2, 0.25) is 0 Å². The van der Waals surface area contributed by atoms with E-state index in [2.05, 4.69) is 55.8 Å². The summed E-state index contributed by atoms with van der Waals surface area (Å²) in [6.45, 7) is 3.51. The highest BCUT2D eigenvalue weighted by Crippen LogP contribution is 2.44. The zero-order chi connectivity index (χ0) is 20.8. The van der Waals surface area contributed by atoms with Crippen LogP contribution >= 0.6 is 33.9 Å². The smallest absolute Gasteiger partial charge is 0.274 e. The van der Waals surface area contributed by atoms with E-state index in [0.29, 0.717) is 17.3 Å². The zero-order valence-corrected chi connectivity index (χ0v) is 19.6. The lowest BCUT2D eigenvalue weighted by Gasteiger charge is -2.39. The number of hydrogen-bond acceptors (Lipinski definition) is 6. The Bertz CT molecular complexity index is 1090. The molecule has 1 amide bonds. The number of alkyl halides is 1. The second kappa shape index (κ2) is 8.05. The fourth-order valence-electron chi connectivity index (χ4n) is 3.99. The molecule has 8 heteroatoms. The average molecular weight is 534 g/mol. The number of aliphatic hydroxyl groups is 1. The molecular weight excluding hydrogens is 511 g/mol. The number of halogens is 1. The number of hydrogen-bond donors (Lipinski definition) is 2. The first-order chi connectivity index (χ1) is 14.5. The van der Waals surface area contributed by atoms with Gasteiger partial charge in [-0.15, -0.1) is 11.3 Å². The van der Waals surface area contributed by atoms with E-state index in [9.17, 15) is 9.90 Å². The van der Waals surface area contributed by atoms with Crippen molar-refractivity contribution in [3.8, 4) is 0 Å². The number of carbonyl (C=O) groups is 1. The number of anilines is 2. The molecule has 1 aliphatic heterocycles. The summed E-state index contributed by atoms with van der Waals surface area (Å²) in [6, 6.07) is 7.83. The van der Waals surface area contributed by atoms with Gasteiger partial charge in [0, 0.05) is 30.1 Å². The number of piperidine rings is 1. The molecule has 2 fully saturated rings.